The number of hydrogen-bond donors (Lipinski definition) is 1. The number of fused-ring (bicyclic) bond motifs is 1. The summed E-state index contributed by atoms with van der Waals surface area (Å²) in [7, 11) is 0. The maximum Gasteiger partial charge on any atom is 0.340 e. The lowest BCUT2D eigenvalue weighted by Crippen LogP contribution is -2.49. The van der Waals surface area contributed by atoms with Crippen LogP contribution < -0.4 is 5.32 Å². The van der Waals surface area contributed by atoms with Crippen molar-refractivity contribution >= 4 is 46.1 Å². The van der Waals surface area contributed by atoms with Crippen molar-refractivity contribution in [3.63, 3.8) is 0 Å². The molecule has 4 rings (SSSR count). The molecule has 0 saturated carbocycles. The summed E-state index contributed by atoms with van der Waals surface area (Å²) < 4.78 is 12.8. The van der Waals surface area contributed by atoms with Gasteiger partial charge in [-0.1, -0.05) is 30.3 Å². The highest BCUT2D eigenvalue weighted by molar-refractivity contribution is 8.00. The SMILES string of the molecule is CCOC(=O)c1ccccc1NC(=O)CSc1cn(CC(=O)N2C[C@H](C)O[C@@H](C)C2)c2ccccc12. The van der Waals surface area contributed by atoms with Crippen molar-refractivity contribution in [1.29, 1.82) is 0 Å². The van der Waals surface area contributed by atoms with E-state index in [4.69, 9.17) is 9.47 Å². The van der Waals surface area contributed by atoms with Gasteiger partial charge in [-0.15, -0.1) is 11.8 Å². The molecule has 0 bridgehead atoms. The Balaban J connectivity index is 1.45. The van der Waals surface area contributed by atoms with Gasteiger partial charge in [-0.3, -0.25) is 9.59 Å². The van der Waals surface area contributed by atoms with Gasteiger partial charge in [0.2, 0.25) is 11.8 Å². The minimum atomic E-state index is -0.474. The molecule has 0 unspecified atom stereocenters. The van der Waals surface area contributed by atoms with Gasteiger partial charge < -0.3 is 24.3 Å². The van der Waals surface area contributed by atoms with E-state index in [1.165, 1.54) is 11.8 Å². The van der Waals surface area contributed by atoms with Gasteiger partial charge in [0.15, 0.2) is 0 Å². The summed E-state index contributed by atoms with van der Waals surface area (Å²) in [5.41, 5.74) is 1.68. The number of esters is 1. The van der Waals surface area contributed by atoms with Crippen molar-refractivity contribution in [1.82, 2.24) is 9.47 Å². The van der Waals surface area contributed by atoms with E-state index in [-0.39, 0.29) is 42.9 Å². The summed E-state index contributed by atoms with van der Waals surface area (Å²) >= 11 is 1.39. The molecule has 1 aromatic heterocycles. The van der Waals surface area contributed by atoms with Gasteiger partial charge in [0.25, 0.3) is 0 Å². The van der Waals surface area contributed by atoms with Gasteiger partial charge in [0.1, 0.15) is 6.54 Å². The smallest absolute Gasteiger partial charge is 0.340 e. The van der Waals surface area contributed by atoms with Gasteiger partial charge in [-0.05, 0) is 39.0 Å². The van der Waals surface area contributed by atoms with Crippen molar-refractivity contribution in [2.75, 3.05) is 30.8 Å². The predicted molar refractivity (Wildman–Crippen MR) is 140 cm³/mol. The third kappa shape index (κ3) is 6.09. The fourth-order valence-corrected chi connectivity index (χ4v) is 5.28. The van der Waals surface area contributed by atoms with Gasteiger partial charge in [0, 0.05) is 35.1 Å². The van der Waals surface area contributed by atoms with Gasteiger partial charge in [-0.2, -0.15) is 0 Å². The first-order valence-corrected chi connectivity index (χ1v) is 13.0. The lowest BCUT2D eigenvalue weighted by Gasteiger charge is -2.35. The summed E-state index contributed by atoms with van der Waals surface area (Å²) in [6.07, 6.45) is 1.95. The molecule has 8 nitrogen and oxygen atoms in total. The van der Waals surface area contributed by atoms with E-state index >= 15 is 0 Å². The van der Waals surface area contributed by atoms with Crippen LogP contribution in [0.1, 0.15) is 31.1 Å². The number of carbonyl (C=O) groups excluding carboxylic acids is 3. The second-order valence-corrected chi connectivity index (χ2v) is 9.81. The lowest BCUT2D eigenvalue weighted by atomic mass is 10.2. The van der Waals surface area contributed by atoms with Crippen LogP contribution in [-0.4, -0.2) is 64.9 Å². The lowest BCUT2D eigenvalue weighted by molar-refractivity contribution is -0.143. The molecule has 1 fully saturated rings. The number of hydrogen-bond acceptors (Lipinski definition) is 6. The van der Waals surface area contributed by atoms with E-state index in [9.17, 15) is 14.4 Å². The maximum atomic E-state index is 13.1. The van der Waals surface area contributed by atoms with Crippen LogP contribution in [-0.2, 0) is 25.6 Å². The zero-order chi connectivity index (χ0) is 25.7. The number of ether oxygens (including phenoxy) is 2. The molecule has 36 heavy (non-hydrogen) atoms. The molecule has 0 aliphatic carbocycles. The number of thioether (sulfide) groups is 1. The van der Waals surface area contributed by atoms with E-state index in [2.05, 4.69) is 5.32 Å². The Kier molecular flexibility index (Phi) is 8.32. The average Bonchev–Trinajstić information content (AvgIpc) is 3.20. The van der Waals surface area contributed by atoms with Crippen LogP contribution in [0.4, 0.5) is 5.69 Å². The first-order valence-electron chi connectivity index (χ1n) is 12.1. The van der Waals surface area contributed by atoms with Crippen molar-refractivity contribution in [2.45, 2.75) is 44.4 Å². The Bertz CT molecular complexity index is 1250. The molecular weight excluding hydrogens is 478 g/mol. The van der Waals surface area contributed by atoms with Crippen LogP contribution in [0.5, 0.6) is 0 Å². The molecule has 1 saturated heterocycles. The minimum Gasteiger partial charge on any atom is -0.462 e. The third-order valence-corrected chi connectivity index (χ3v) is 6.93. The highest BCUT2D eigenvalue weighted by Crippen LogP contribution is 2.30. The zero-order valence-corrected chi connectivity index (χ0v) is 21.5. The number of aromatic nitrogens is 1. The van der Waals surface area contributed by atoms with Crippen LogP contribution in [0.15, 0.2) is 59.6 Å². The highest BCUT2D eigenvalue weighted by atomic mass is 32.2. The molecule has 190 valence electrons. The second kappa shape index (κ2) is 11.6. The summed E-state index contributed by atoms with van der Waals surface area (Å²) in [6.45, 7) is 7.33. The number of para-hydroxylation sites is 2. The zero-order valence-electron chi connectivity index (χ0n) is 20.7. The minimum absolute atomic E-state index is 0.0118. The number of amides is 2. The van der Waals surface area contributed by atoms with E-state index in [1.54, 1.807) is 31.2 Å². The van der Waals surface area contributed by atoms with Gasteiger partial charge >= 0.3 is 5.97 Å². The number of rotatable bonds is 8. The van der Waals surface area contributed by atoms with Crippen LogP contribution >= 0.6 is 11.8 Å². The number of nitrogens with one attached hydrogen (secondary N) is 1. The normalized spacial score (nSPS) is 17.7. The number of nitrogens with zero attached hydrogens (tertiary/aromatic N) is 2. The molecule has 1 aliphatic rings. The van der Waals surface area contributed by atoms with Crippen molar-refractivity contribution in [3.8, 4) is 0 Å². The first-order chi connectivity index (χ1) is 17.4. The Hall–Kier alpha value is -3.30. The maximum absolute atomic E-state index is 13.1. The highest BCUT2D eigenvalue weighted by Gasteiger charge is 2.26. The average molecular weight is 510 g/mol. The Morgan fingerprint density at radius 3 is 2.50 bits per heavy atom. The molecule has 3 aromatic rings. The molecular formula is C27H31N3O5S. The summed E-state index contributed by atoms with van der Waals surface area (Å²) in [5.74, 6) is -0.515. The fourth-order valence-electron chi connectivity index (χ4n) is 4.39. The van der Waals surface area contributed by atoms with Crippen LogP contribution in [0.2, 0.25) is 0 Å². The quantitative estimate of drug-likeness (QED) is 0.362. The summed E-state index contributed by atoms with van der Waals surface area (Å²) in [4.78, 5) is 40.8. The van der Waals surface area contributed by atoms with Crippen molar-refractivity contribution in [2.24, 2.45) is 0 Å². The van der Waals surface area contributed by atoms with Crippen LogP contribution in [0.25, 0.3) is 10.9 Å². The van der Waals surface area contributed by atoms with Crippen molar-refractivity contribution < 1.29 is 23.9 Å². The summed E-state index contributed by atoms with van der Waals surface area (Å²) in [5, 5.41) is 3.80. The number of anilines is 1. The number of benzene rings is 2. The monoisotopic (exact) mass is 509 g/mol. The van der Waals surface area contributed by atoms with E-state index < -0.39 is 5.97 Å². The molecule has 1 N–H and O–H groups in total. The molecule has 2 atom stereocenters. The first kappa shape index (κ1) is 25.8. The predicted octanol–water partition coefficient (Wildman–Crippen LogP) is 4.18. The van der Waals surface area contributed by atoms with Crippen LogP contribution in [0, 0.1) is 0 Å². The van der Waals surface area contributed by atoms with E-state index in [0.29, 0.717) is 24.3 Å². The molecule has 0 radical (unpaired) electrons. The molecule has 2 heterocycles. The molecule has 2 aromatic carbocycles. The van der Waals surface area contributed by atoms with Crippen LogP contribution in [0.3, 0.4) is 0 Å². The third-order valence-electron chi connectivity index (χ3n) is 5.89. The Morgan fingerprint density at radius 1 is 1.06 bits per heavy atom. The Morgan fingerprint density at radius 2 is 1.75 bits per heavy atom. The summed E-state index contributed by atoms with van der Waals surface area (Å²) in [6, 6.07) is 14.6. The second-order valence-electron chi connectivity index (χ2n) is 8.80. The number of morpholine rings is 1. The standard InChI is InChI=1S/C27H31N3O5S/c1-4-34-27(33)20-9-5-7-11-22(20)28-25(31)17-36-24-15-29(23-12-8-6-10-21(23)24)16-26(32)30-13-18(2)35-19(3)14-30/h5-12,15,18-19H,4,13-14,16-17H2,1-3H3,(H,28,31)/t18-,19-/m0/s1. The van der Waals surface area contributed by atoms with Gasteiger partial charge in [0.05, 0.1) is 35.8 Å². The topological polar surface area (TPSA) is 89.9 Å². The van der Waals surface area contributed by atoms with Gasteiger partial charge in [-0.25, -0.2) is 4.79 Å². The van der Waals surface area contributed by atoms with E-state index in [0.717, 1.165) is 15.8 Å². The largest absolute Gasteiger partial charge is 0.462 e. The van der Waals surface area contributed by atoms with E-state index in [1.807, 2.05) is 53.8 Å². The molecule has 1 aliphatic heterocycles. The molecule has 0 spiro atoms. The molecule has 2 amide bonds. The Labute approximate surface area is 214 Å². The fraction of sp³-hybridized carbons (Fsp3) is 0.370. The van der Waals surface area contributed by atoms with Crippen molar-refractivity contribution in [3.05, 3.63) is 60.3 Å². The number of carbonyl (C=O) groups is 3. The molecule has 9 heteroatoms.